The Balaban J connectivity index is 2.00. The SMILES string of the molecule is CCOC(=O)C1CCC2C(C)(C)O[C@@]12c1ccccc1. The number of fused-ring (bicyclic) bond motifs is 1. The smallest absolute Gasteiger partial charge is 0.312 e. The van der Waals surface area contributed by atoms with E-state index in [0.717, 1.165) is 18.4 Å². The first-order valence-electron chi connectivity index (χ1n) is 7.44. The van der Waals surface area contributed by atoms with Crippen molar-refractivity contribution in [3.05, 3.63) is 35.9 Å². The van der Waals surface area contributed by atoms with Gasteiger partial charge in [-0.3, -0.25) is 4.79 Å². The number of carbonyl (C=O) groups is 1. The number of hydrogen-bond acceptors (Lipinski definition) is 3. The second kappa shape index (κ2) is 4.59. The molecule has 3 heteroatoms. The van der Waals surface area contributed by atoms with Crippen LogP contribution in [-0.4, -0.2) is 18.2 Å². The summed E-state index contributed by atoms with van der Waals surface area (Å²) in [7, 11) is 0. The summed E-state index contributed by atoms with van der Waals surface area (Å²) in [6.45, 7) is 6.51. The van der Waals surface area contributed by atoms with E-state index in [1.165, 1.54) is 0 Å². The molecule has 1 aliphatic carbocycles. The Bertz CT molecular complexity index is 508. The van der Waals surface area contributed by atoms with E-state index in [2.05, 4.69) is 26.0 Å². The predicted octanol–water partition coefficient (Wildman–Crippen LogP) is 3.28. The van der Waals surface area contributed by atoms with Crippen LogP contribution in [0.5, 0.6) is 0 Å². The Morgan fingerprint density at radius 3 is 2.60 bits per heavy atom. The van der Waals surface area contributed by atoms with Crippen molar-refractivity contribution >= 4 is 5.97 Å². The van der Waals surface area contributed by atoms with Crippen molar-refractivity contribution < 1.29 is 14.3 Å². The number of rotatable bonds is 3. The van der Waals surface area contributed by atoms with Crippen LogP contribution in [0.2, 0.25) is 0 Å². The molecule has 20 heavy (non-hydrogen) atoms. The molecule has 1 saturated heterocycles. The third-order valence-corrected chi connectivity index (χ3v) is 4.85. The summed E-state index contributed by atoms with van der Waals surface area (Å²) in [5.41, 5.74) is 0.480. The van der Waals surface area contributed by atoms with E-state index in [-0.39, 0.29) is 17.5 Å². The van der Waals surface area contributed by atoms with Crippen molar-refractivity contribution in [2.45, 2.75) is 44.8 Å². The van der Waals surface area contributed by atoms with Crippen molar-refractivity contribution in [1.29, 1.82) is 0 Å². The van der Waals surface area contributed by atoms with Gasteiger partial charge in [-0.1, -0.05) is 30.3 Å². The number of carbonyl (C=O) groups excluding carboxylic acids is 1. The molecule has 3 atom stereocenters. The Morgan fingerprint density at radius 1 is 1.30 bits per heavy atom. The van der Waals surface area contributed by atoms with Crippen LogP contribution in [0.4, 0.5) is 0 Å². The van der Waals surface area contributed by atoms with Gasteiger partial charge in [0.25, 0.3) is 0 Å². The summed E-state index contributed by atoms with van der Waals surface area (Å²) < 4.78 is 11.6. The molecule has 0 bridgehead atoms. The third kappa shape index (κ3) is 1.72. The molecule has 1 aliphatic heterocycles. The Hall–Kier alpha value is -1.35. The van der Waals surface area contributed by atoms with Gasteiger partial charge in [0.2, 0.25) is 0 Å². The summed E-state index contributed by atoms with van der Waals surface area (Å²) in [6.07, 6.45) is 1.87. The minimum atomic E-state index is -0.475. The van der Waals surface area contributed by atoms with Gasteiger partial charge in [-0.15, -0.1) is 0 Å². The molecule has 2 unspecified atom stereocenters. The van der Waals surface area contributed by atoms with E-state index in [4.69, 9.17) is 9.47 Å². The summed E-state index contributed by atoms with van der Waals surface area (Å²) >= 11 is 0. The van der Waals surface area contributed by atoms with Gasteiger partial charge in [-0.2, -0.15) is 0 Å². The van der Waals surface area contributed by atoms with Gasteiger partial charge in [0, 0.05) is 5.92 Å². The molecule has 2 fully saturated rings. The molecule has 0 spiro atoms. The van der Waals surface area contributed by atoms with Crippen LogP contribution in [0, 0.1) is 11.8 Å². The third-order valence-electron chi connectivity index (χ3n) is 4.85. The highest BCUT2D eigenvalue weighted by Crippen LogP contribution is 2.64. The van der Waals surface area contributed by atoms with E-state index in [0.29, 0.717) is 12.5 Å². The molecule has 3 rings (SSSR count). The van der Waals surface area contributed by atoms with Crippen LogP contribution in [0.25, 0.3) is 0 Å². The second-order valence-electron chi connectivity index (χ2n) is 6.30. The van der Waals surface area contributed by atoms with Crippen molar-refractivity contribution in [2.24, 2.45) is 11.8 Å². The van der Waals surface area contributed by atoms with Crippen LogP contribution in [0.3, 0.4) is 0 Å². The average Bonchev–Trinajstić information content (AvgIpc) is 2.76. The first-order valence-corrected chi connectivity index (χ1v) is 7.44. The maximum Gasteiger partial charge on any atom is 0.312 e. The van der Waals surface area contributed by atoms with Crippen LogP contribution >= 0.6 is 0 Å². The molecular formula is C17H22O3. The van der Waals surface area contributed by atoms with Crippen molar-refractivity contribution in [2.75, 3.05) is 6.61 Å². The van der Waals surface area contributed by atoms with E-state index in [9.17, 15) is 4.79 Å². The summed E-state index contributed by atoms with van der Waals surface area (Å²) in [5.74, 6) is 0.0871. The molecule has 0 aromatic heterocycles. The molecule has 108 valence electrons. The minimum Gasteiger partial charge on any atom is -0.466 e. The zero-order valence-electron chi connectivity index (χ0n) is 12.4. The number of benzene rings is 1. The molecular weight excluding hydrogens is 252 g/mol. The van der Waals surface area contributed by atoms with Crippen LogP contribution in [0.15, 0.2) is 30.3 Å². The Labute approximate surface area is 120 Å². The lowest BCUT2D eigenvalue weighted by Gasteiger charge is -2.59. The highest BCUT2D eigenvalue weighted by molar-refractivity contribution is 5.75. The summed E-state index contributed by atoms with van der Waals surface area (Å²) in [4.78, 5) is 12.3. The van der Waals surface area contributed by atoms with Crippen molar-refractivity contribution in [3.8, 4) is 0 Å². The molecule has 1 heterocycles. The molecule has 3 nitrogen and oxygen atoms in total. The monoisotopic (exact) mass is 274 g/mol. The second-order valence-corrected chi connectivity index (χ2v) is 6.30. The standard InChI is InChI=1S/C17H22O3/c1-4-19-15(18)13-10-11-14-16(2,3)20-17(13,14)12-8-6-5-7-9-12/h5-9,13-14H,4,10-11H2,1-3H3/t13?,14?,17-/m0/s1. The van der Waals surface area contributed by atoms with Gasteiger partial charge in [0.05, 0.1) is 18.1 Å². The van der Waals surface area contributed by atoms with E-state index < -0.39 is 5.60 Å². The lowest BCUT2D eigenvalue weighted by atomic mass is 9.65. The van der Waals surface area contributed by atoms with Gasteiger partial charge < -0.3 is 9.47 Å². The maximum atomic E-state index is 12.3. The first-order chi connectivity index (χ1) is 9.52. The van der Waals surface area contributed by atoms with Crippen LogP contribution < -0.4 is 0 Å². The van der Waals surface area contributed by atoms with E-state index in [1.807, 2.05) is 25.1 Å². The molecule has 1 saturated carbocycles. The highest BCUT2D eigenvalue weighted by atomic mass is 16.6. The number of ether oxygens (including phenoxy) is 2. The van der Waals surface area contributed by atoms with Crippen LogP contribution in [-0.2, 0) is 19.9 Å². The van der Waals surface area contributed by atoms with Gasteiger partial charge in [-0.05, 0) is 39.2 Å². The fraction of sp³-hybridized carbons (Fsp3) is 0.588. The zero-order chi connectivity index (χ0) is 14.4. The van der Waals surface area contributed by atoms with Gasteiger partial charge in [-0.25, -0.2) is 0 Å². The minimum absolute atomic E-state index is 0.116. The van der Waals surface area contributed by atoms with Crippen molar-refractivity contribution in [3.63, 3.8) is 0 Å². The Morgan fingerprint density at radius 2 is 2.00 bits per heavy atom. The molecule has 0 N–H and O–H groups in total. The molecule has 0 amide bonds. The first kappa shape index (κ1) is 13.6. The largest absolute Gasteiger partial charge is 0.466 e. The quantitative estimate of drug-likeness (QED) is 0.793. The normalized spacial score (nSPS) is 34.1. The van der Waals surface area contributed by atoms with Gasteiger partial charge in [0.15, 0.2) is 0 Å². The molecule has 1 aromatic carbocycles. The number of esters is 1. The van der Waals surface area contributed by atoms with Gasteiger partial charge >= 0.3 is 5.97 Å². The van der Waals surface area contributed by atoms with E-state index in [1.54, 1.807) is 0 Å². The molecule has 2 aliphatic rings. The molecule has 1 aromatic rings. The Kier molecular flexibility index (Phi) is 3.13. The number of hydrogen-bond donors (Lipinski definition) is 0. The molecule has 0 radical (unpaired) electrons. The average molecular weight is 274 g/mol. The van der Waals surface area contributed by atoms with Crippen LogP contribution in [0.1, 0.15) is 39.2 Å². The fourth-order valence-electron chi connectivity index (χ4n) is 4.16. The highest BCUT2D eigenvalue weighted by Gasteiger charge is 2.69. The van der Waals surface area contributed by atoms with Gasteiger partial charge in [0.1, 0.15) is 5.60 Å². The van der Waals surface area contributed by atoms with Crippen molar-refractivity contribution in [1.82, 2.24) is 0 Å². The topological polar surface area (TPSA) is 35.5 Å². The lowest BCUT2D eigenvalue weighted by molar-refractivity contribution is -0.318. The summed E-state index contributed by atoms with van der Waals surface area (Å²) in [5, 5.41) is 0. The zero-order valence-corrected chi connectivity index (χ0v) is 12.4. The maximum absolute atomic E-state index is 12.3. The predicted molar refractivity (Wildman–Crippen MR) is 76.1 cm³/mol. The lowest BCUT2D eigenvalue weighted by Crippen LogP contribution is -2.64. The van der Waals surface area contributed by atoms with E-state index >= 15 is 0 Å². The fourth-order valence-corrected chi connectivity index (χ4v) is 4.16. The summed E-state index contributed by atoms with van der Waals surface area (Å²) in [6, 6.07) is 10.2.